The third-order valence-electron chi connectivity index (χ3n) is 5.26. The predicted octanol–water partition coefficient (Wildman–Crippen LogP) is 2.25. The summed E-state index contributed by atoms with van der Waals surface area (Å²) in [4.78, 5) is 15.3. The molecule has 1 amide bonds. The van der Waals surface area contributed by atoms with Gasteiger partial charge >= 0.3 is 0 Å². The Morgan fingerprint density at radius 1 is 1.31 bits per heavy atom. The van der Waals surface area contributed by atoms with Crippen LogP contribution < -0.4 is 10.1 Å². The minimum absolute atomic E-state index is 0.119. The van der Waals surface area contributed by atoms with Crippen molar-refractivity contribution in [2.45, 2.75) is 38.8 Å². The Morgan fingerprint density at radius 3 is 2.50 bits per heavy atom. The minimum Gasteiger partial charge on any atom is -0.496 e. The summed E-state index contributed by atoms with van der Waals surface area (Å²) in [7, 11) is 3.57. The number of amides is 1. The van der Waals surface area contributed by atoms with E-state index in [-0.39, 0.29) is 5.91 Å². The highest BCUT2D eigenvalue weighted by atomic mass is 16.5. The van der Waals surface area contributed by atoms with Crippen molar-refractivity contribution in [2.75, 3.05) is 27.2 Å². The molecule has 1 N–H and O–H groups in total. The molecule has 0 atom stereocenters. The molecule has 0 aliphatic carbocycles. The van der Waals surface area contributed by atoms with Gasteiger partial charge in [0, 0.05) is 26.0 Å². The number of ether oxygens (including phenoxy) is 1. The normalized spacial score (nSPS) is 16.3. The van der Waals surface area contributed by atoms with Gasteiger partial charge in [-0.2, -0.15) is 5.10 Å². The number of aromatic nitrogens is 2. The van der Waals surface area contributed by atoms with Crippen molar-refractivity contribution in [1.29, 1.82) is 0 Å². The maximum absolute atomic E-state index is 13.4. The molecule has 1 aromatic carbocycles. The van der Waals surface area contributed by atoms with Crippen LogP contribution >= 0.6 is 0 Å². The largest absolute Gasteiger partial charge is 0.496 e. The van der Waals surface area contributed by atoms with Crippen LogP contribution in [0.25, 0.3) is 0 Å². The monoisotopic (exact) mass is 356 g/mol. The zero-order chi connectivity index (χ0) is 18.7. The zero-order valence-electron chi connectivity index (χ0n) is 16.1. The smallest absolute Gasteiger partial charge is 0.250 e. The Bertz CT molecular complexity index is 741. The van der Waals surface area contributed by atoms with Crippen molar-refractivity contribution >= 4 is 5.91 Å². The Kier molecular flexibility index (Phi) is 5.32. The molecule has 1 fully saturated rings. The molecule has 3 rings (SSSR count). The lowest BCUT2D eigenvalue weighted by Crippen LogP contribution is -2.54. The van der Waals surface area contributed by atoms with Crippen LogP contribution in [0.1, 0.15) is 29.5 Å². The van der Waals surface area contributed by atoms with Gasteiger partial charge in [0.2, 0.25) is 0 Å². The highest BCUT2D eigenvalue weighted by Gasteiger charge is 2.43. The van der Waals surface area contributed by atoms with E-state index < -0.39 is 5.54 Å². The number of carbonyl (C=O) groups is 1. The molecular formula is C20H28N4O2. The molecule has 0 saturated carbocycles. The fourth-order valence-electron chi connectivity index (χ4n) is 4.06. The van der Waals surface area contributed by atoms with E-state index >= 15 is 0 Å². The number of nitrogens with one attached hydrogen (secondary N) is 1. The first kappa shape index (κ1) is 18.5. The topological polar surface area (TPSA) is 59.4 Å². The number of benzene rings is 1. The van der Waals surface area contributed by atoms with Crippen molar-refractivity contribution in [3.63, 3.8) is 0 Å². The van der Waals surface area contributed by atoms with Gasteiger partial charge in [-0.05, 0) is 62.5 Å². The van der Waals surface area contributed by atoms with Gasteiger partial charge in [-0.15, -0.1) is 0 Å². The van der Waals surface area contributed by atoms with Crippen LogP contribution in [0.15, 0.2) is 30.6 Å². The summed E-state index contributed by atoms with van der Waals surface area (Å²) < 4.78 is 7.29. The SMILES string of the molecule is COc1c(C)cc(CN(C)C(=O)C2(n3cccn3)CCNCC2)cc1C. The molecule has 2 heterocycles. The summed E-state index contributed by atoms with van der Waals surface area (Å²) in [6, 6.07) is 6.07. The molecule has 1 aliphatic rings. The van der Waals surface area contributed by atoms with Crippen LogP contribution in [0.2, 0.25) is 0 Å². The third kappa shape index (κ3) is 3.33. The molecule has 140 valence electrons. The number of methoxy groups -OCH3 is 1. The second-order valence-corrected chi connectivity index (χ2v) is 7.16. The van der Waals surface area contributed by atoms with Crippen LogP contribution in [0.4, 0.5) is 0 Å². The fraction of sp³-hybridized carbons (Fsp3) is 0.500. The second-order valence-electron chi connectivity index (χ2n) is 7.16. The standard InChI is InChI=1S/C20H28N4O2/c1-15-12-17(13-16(2)18(15)26-4)14-23(3)19(25)20(6-9-21-10-7-20)24-11-5-8-22-24/h5,8,11-13,21H,6-7,9-10,14H2,1-4H3. The van der Waals surface area contributed by atoms with Gasteiger partial charge < -0.3 is 15.0 Å². The van der Waals surface area contributed by atoms with Gasteiger partial charge in [0.25, 0.3) is 5.91 Å². The van der Waals surface area contributed by atoms with Crippen molar-refractivity contribution in [1.82, 2.24) is 20.0 Å². The van der Waals surface area contributed by atoms with Gasteiger partial charge in [0.1, 0.15) is 11.3 Å². The summed E-state index contributed by atoms with van der Waals surface area (Å²) in [6.07, 6.45) is 5.14. The highest BCUT2D eigenvalue weighted by Crippen LogP contribution is 2.30. The van der Waals surface area contributed by atoms with E-state index in [0.717, 1.165) is 48.4 Å². The molecule has 26 heavy (non-hydrogen) atoms. The van der Waals surface area contributed by atoms with E-state index in [4.69, 9.17) is 4.74 Å². The first-order valence-corrected chi connectivity index (χ1v) is 9.08. The van der Waals surface area contributed by atoms with E-state index in [9.17, 15) is 4.79 Å². The predicted molar refractivity (Wildman–Crippen MR) is 101 cm³/mol. The lowest BCUT2D eigenvalue weighted by Gasteiger charge is -2.39. The highest BCUT2D eigenvalue weighted by molar-refractivity contribution is 5.84. The molecule has 0 spiro atoms. The van der Waals surface area contributed by atoms with E-state index in [0.29, 0.717) is 6.54 Å². The summed E-state index contributed by atoms with van der Waals surface area (Å²) in [5.41, 5.74) is 2.69. The molecule has 1 aliphatic heterocycles. The van der Waals surface area contributed by atoms with E-state index in [1.807, 2.05) is 42.7 Å². The molecule has 6 nitrogen and oxygen atoms in total. The maximum Gasteiger partial charge on any atom is 0.250 e. The van der Waals surface area contributed by atoms with Gasteiger partial charge in [-0.25, -0.2) is 0 Å². The fourth-order valence-corrected chi connectivity index (χ4v) is 4.06. The molecule has 2 aromatic rings. The van der Waals surface area contributed by atoms with E-state index in [1.165, 1.54) is 0 Å². The zero-order valence-corrected chi connectivity index (χ0v) is 16.1. The number of nitrogens with zero attached hydrogens (tertiary/aromatic N) is 3. The average Bonchev–Trinajstić information content (AvgIpc) is 3.16. The third-order valence-corrected chi connectivity index (χ3v) is 5.26. The van der Waals surface area contributed by atoms with Crippen LogP contribution in [0.3, 0.4) is 0 Å². The first-order valence-electron chi connectivity index (χ1n) is 9.08. The van der Waals surface area contributed by atoms with Crippen molar-refractivity contribution in [2.24, 2.45) is 0 Å². The summed E-state index contributed by atoms with van der Waals surface area (Å²) in [6.45, 7) is 6.28. The Labute approximate surface area is 155 Å². The summed E-state index contributed by atoms with van der Waals surface area (Å²) >= 11 is 0. The minimum atomic E-state index is -0.597. The lowest BCUT2D eigenvalue weighted by atomic mass is 9.86. The molecule has 1 aromatic heterocycles. The van der Waals surface area contributed by atoms with Crippen LogP contribution in [0.5, 0.6) is 5.75 Å². The Morgan fingerprint density at radius 2 is 1.96 bits per heavy atom. The van der Waals surface area contributed by atoms with Crippen LogP contribution in [-0.2, 0) is 16.9 Å². The van der Waals surface area contributed by atoms with Gasteiger partial charge in [0.05, 0.1) is 7.11 Å². The lowest BCUT2D eigenvalue weighted by molar-refractivity contribution is -0.142. The first-order chi connectivity index (χ1) is 12.5. The quantitative estimate of drug-likeness (QED) is 0.893. The second kappa shape index (κ2) is 7.50. The molecule has 6 heteroatoms. The van der Waals surface area contributed by atoms with E-state index in [1.54, 1.807) is 13.3 Å². The van der Waals surface area contributed by atoms with Crippen molar-refractivity contribution in [3.05, 3.63) is 47.3 Å². The number of piperidine rings is 1. The van der Waals surface area contributed by atoms with Crippen LogP contribution in [0, 0.1) is 13.8 Å². The number of carbonyl (C=O) groups excluding carboxylic acids is 1. The molecule has 0 bridgehead atoms. The number of aryl methyl sites for hydroxylation is 2. The number of hydrogen-bond acceptors (Lipinski definition) is 4. The van der Waals surface area contributed by atoms with Gasteiger partial charge in [-0.1, -0.05) is 12.1 Å². The Balaban J connectivity index is 1.84. The molecule has 0 radical (unpaired) electrons. The molecule has 0 unspecified atom stereocenters. The van der Waals surface area contributed by atoms with Crippen molar-refractivity contribution < 1.29 is 9.53 Å². The number of likely N-dealkylation sites (N-methyl/N-ethyl adjacent to an activating group) is 1. The van der Waals surface area contributed by atoms with Gasteiger partial charge in [0.15, 0.2) is 0 Å². The van der Waals surface area contributed by atoms with Gasteiger partial charge in [-0.3, -0.25) is 9.48 Å². The van der Waals surface area contributed by atoms with Crippen molar-refractivity contribution in [3.8, 4) is 5.75 Å². The number of rotatable bonds is 5. The number of hydrogen-bond donors (Lipinski definition) is 1. The van der Waals surface area contributed by atoms with Crippen LogP contribution in [-0.4, -0.2) is 47.8 Å². The van der Waals surface area contributed by atoms with E-state index in [2.05, 4.69) is 22.5 Å². The average molecular weight is 356 g/mol. The Hall–Kier alpha value is -2.34. The summed E-state index contributed by atoms with van der Waals surface area (Å²) in [5, 5.41) is 7.75. The molecule has 1 saturated heterocycles. The maximum atomic E-state index is 13.4. The summed E-state index contributed by atoms with van der Waals surface area (Å²) in [5.74, 6) is 1.03. The molecular weight excluding hydrogens is 328 g/mol.